The molecule has 0 spiro atoms. The van der Waals surface area contributed by atoms with E-state index in [1.54, 1.807) is 25.3 Å². The Hall–Kier alpha value is -2.04. The van der Waals surface area contributed by atoms with E-state index >= 15 is 0 Å². The maximum Gasteiger partial charge on any atom is 0.144 e. The van der Waals surface area contributed by atoms with E-state index in [1.807, 2.05) is 0 Å². The molecule has 0 atom stereocenters. The van der Waals surface area contributed by atoms with E-state index in [0.717, 1.165) is 0 Å². The summed E-state index contributed by atoms with van der Waals surface area (Å²) in [6.45, 7) is 1.68. The molecule has 0 aliphatic heterocycles. The number of aryl methyl sites for hydroxylation is 1. The number of halogens is 1. The van der Waals surface area contributed by atoms with Crippen molar-refractivity contribution >= 4 is 11.6 Å². The zero-order valence-electron chi connectivity index (χ0n) is 8.11. The monoisotopic (exact) mass is 204 g/mol. The average molecular weight is 204 g/mol. The molecule has 4 nitrogen and oxygen atoms in total. The molecule has 0 saturated heterocycles. The second-order valence-electron chi connectivity index (χ2n) is 3.04. The molecule has 2 aromatic heterocycles. The third-order valence-electron chi connectivity index (χ3n) is 1.89. The van der Waals surface area contributed by atoms with Crippen molar-refractivity contribution in [3.63, 3.8) is 0 Å². The number of aromatic nitrogens is 3. The van der Waals surface area contributed by atoms with Crippen LogP contribution in [0.5, 0.6) is 0 Å². The fraction of sp³-hybridized carbons (Fsp3) is 0.100. The Morgan fingerprint density at radius 1 is 1.27 bits per heavy atom. The highest BCUT2D eigenvalue weighted by atomic mass is 19.1. The molecule has 0 bridgehead atoms. The third-order valence-corrected chi connectivity index (χ3v) is 1.89. The first-order valence-corrected chi connectivity index (χ1v) is 4.41. The topological polar surface area (TPSA) is 50.7 Å². The van der Waals surface area contributed by atoms with E-state index in [0.29, 0.717) is 17.2 Å². The number of pyridine rings is 1. The standard InChI is InChI=1S/C10H9FN4/c1-7-4-10(13-5-8(7)11)15-9-2-3-12-6-14-9/h2-6H,1H3,(H,12,13,14,15). The number of hydrogen-bond donors (Lipinski definition) is 1. The molecule has 0 aromatic carbocycles. The summed E-state index contributed by atoms with van der Waals surface area (Å²) < 4.78 is 12.9. The summed E-state index contributed by atoms with van der Waals surface area (Å²) in [7, 11) is 0. The van der Waals surface area contributed by atoms with Gasteiger partial charge in [-0.3, -0.25) is 0 Å². The summed E-state index contributed by atoms with van der Waals surface area (Å²) in [5, 5.41) is 2.94. The fourth-order valence-electron chi connectivity index (χ4n) is 1.10. The van der Waals surface area contributed by atoms with E-state index in [4.69, 9.17) is 0 Å². The van der Waals surface area contributed by atoms with Gasteiger partial charge in [-0.05, 0) is 24.6 Å². The highest BCUT2D eigenvalue weighted by Crippen LogP contribution is 2.13. The van der Waals surface area contributed by atoms with Crippen molar-refractivity contribution in [2.45, 2.75) is 6.92 Å². The molecule has 0 saturated carbocycles. The van der Waals surface area contributed by atoms with Gasteiger partial charge in [-0.2, -0.15) is 0 Å². The highest BCUT2D eigenvalue weighted by molar-refractivity contribution is 5.51. The van der Waals surface area contributed by atoms with Crippen LogP contribution in [-0.4, -0.2) is 15.0 Å². The third kappa shape index (κ3) is 2.25. The number of rotatable bonds is 2. The Morgan fingerprint density at radius 2 is 2.13 bits per heavy atom. The number of anilines is 2. The molecule has 15 heavy (non-hydrogen) atoms. The molecular weight excluding hydrogens is 195 g/mol. The van der Waals surface area contributed by atoms with E-state index < -0.39 is 0 Å². The zero-order valence-corrected chi connectivity index (χ0v) is 8.11. The van der Waals surface area contributed by atoms with Crippen LogP contribution in [0.2, 0.25) is 0 Å². The fourth-order valence-corrected chi connectivity index (χ4v) is 1.10. The number of nitrogens with zero attached hydrogens (tertiary/aromatic N) is 3. The van der Waals surface area contributed by atoms with Crippen LogP contribution >= 0.6 is 0 Å². The Morgan fingerprint density at radius 3 is 2.80 bits per heavy atom. The van der Waals surface area contributed by atoms with Crippen LogP contribution < -0.4 is 5.32 Å². The van der Waals surface area contributed by atoms with Crippen molar-refractivity contribution in [1.82, 2.24) is 15.0 Å². The summed E-state index contributed by atoms with van der Waals surface area (Å²) in [6.07, 6.45) is 4.23. The minimum Gasteiger partial charge on any atom is -0.325 e. The van der Waals surface area contributed by atoms with Crippen LogP contribution in [0.25, 0.3) is 0 Å². The van der Waals surface area contributed by atoms with Crippen molar-refractivity contribution in [3.05, 3.63) is 42.2 Å². The molecule has 0 aliphatic rings. The Kier molecular flexibility index (Phi) is 2.53. The molecule has 0 amide bonds. The minimum absolute atomic E-state index is 0.316. The van der Waals surface area contributed by atoms with Gasteiger partial charge in [0, 0.05) is 6.20 Å². The van der Waals surface area contributed by atoms with Gasteiger partial charge in [-0.1, -0.05) is 0 Å². The SMILES string of the molecule is Cc1cc(Nc2ccncn2)ncc1F. The molecule has 2 heterocycles. The van der Waals surface area contributed by atoms with Crippen LogP contribution in [0.3, 0.4) is 0 Å². The predicted octanol–water partition coefficient (Wildman–Crippen LogP) is 2.06. The van der Waals surface area contributed by atoms with Gasteiger partial charge >= 0.3 is 0 Å². The van der Waals surface area contributed by atoms with Gasteiger partial charge < -0.3 is 5.32 Å². The van der Waals surface area contributed by atoms with E-state index in [9.17, 15) is 4.39 Å². The van der Waals surface area contributed by atoms with Gasteiger partial charge in [-0.25, -0.2) is 19.3 Å². The van der Waals surface area contributed by atoms with Crippen molar-refractivity contribution in [2.24, 2.45) is 0 Å². The first-order chi connectivity index (χ1) is 7.25. The van der Waals surface area contributed by atoms with Gasteiger partial charge in [0.05, 0.1) is 6.20 Å². The van der Waals surface area contributed by atoms with Gasteiger partial charge in [0.2, 0.25) is 0 Å². The van der Waals surface area contributed by atoms with Crippen LogP contribution in [0, 0.1) is 12.7 Å². The van der Waals surface area contributed by atoms with E-state index in [1.165, 1.54) is 12.5 Å². The second-order valence-corrected chi connectivity index (χ2v) is 3.04. The summed E-state index contributed by atoms with van der Waals surface area (Å²) in [4.78, 5) is 11.6. The quantitative estimate of drug-likeness (QED) is 0.813. The zero-order chi connectivity index (χ0) is 10.7. The average Bonchev–Trinajstić information content (AvgIpc) is 2.25. The molecule has 1 N–H and O–H groups in total. The minimum atomic E-state index is -0.316. The lowest BCUT2D eigenvalue weighted by Crippen LogP contribution is -1.97. The summed E-state index contributed by atoms with van der Waals surface area (Å²) in [5.41, 5.74) is 0.543. The molecule has 76 valence electrons. The molecule has 0 fully saturated rings. The van der Waals surface area contributed by atoms with Crippen LogP contribution in [0.1, 0.15) is 5.56 Å². The summed E-state index contributed by atoms with van der Waals surface area (Å²) >= 11 is 0. The molecule has 5 heteroatoms. The maximum absolute atomic E-state index is 12.9. The predicted molar refractivity (Wildman–Crippen MR) is 54.2 cm³/mol. The normalized spacial score (nSPS) is 10.0. The van der Waals surface area contributed by atoms with E-state index in [2.05, 4.69) is 20.3 Å². The lowest BCUT2D eigenvalue weighted by atomic mass is 10.3. The van der Waals surface area contributed by atoms with E-state index in [-0.39, 0.29) is 5.82 Å². The van der Waals surface area contributed by atoms with Crippen LogP contribution in [-0.2, 0) is 0 Å². The van der Waals surface area contributed by atoms with Gasteiger partial charge in [0.25, 0.3) is 0 Å². The van der Waals surface area contributed by atoms with Gasteiger partial charge in [0.15, 0.2) is 0 Å². The smallest absolute Gasteiger partial charge is 0.144 e. The van der Waals surface area contributed by atoms with Crippen molar-refractivity contribution in [3.8, 4) is 0 Å². The van der Waals surface area contributed by atoms with Crippen LogP contribution in [0.4, 0.5) is 16.0 Å². The van der Waals surface area contributed by atoms with Crippen molar-refractivity contribution in [2.75, 3.05) is 5.32 Å². The van der Waals surface area contributed by atoms with Crippen molar-refractivity contribution in [1.29, 1.82) is 0 Å². The largest absolute Gasteiger partial charge is 0.325 e. The van der Waals surface area contributed by atoms with Gasteiger partial charge in [-0.15, -0.1) is 0 Å². The Bertz CT molecular complexity index is 458. The molecule has 2 aromatic rings. The number of hydrogen-bond acceptors (Lipinski definition) is 4. The second kappa shape index (κ2) is 4.00. The highest BCUT2D eigenvalue weighted by Gasteiger charge is 2.00. The van der Waals surface area contributed by atoms with Crippen molar-refractivity contribution < 1.29 is 4.39 Å². The molecule has 0 aliphatic carbocycles. The molecule has 0 unspecified atom stereocenters. The first-order valence-electron chi connectivity index (χ1n) is 4.41. The maximum atomic E-state index is 12.9. The molecular formula is C10H9FN4. The summed E-state index contributed by atoms with van der Waals surface area (Å²) in [6, 6.07) is 3.33. The lowest BCUT2D eigenvalue weighted by molar-refractivity contribution is 0.612. The Balaban J connectivity index is 2.22. The summed E-state index contributed by atoms with van der Waals surface area (Å²) in [5.74, 6) is 0.874. The number of nitrogens with one attached hydrogen (secondary N) is 1. The van der Waals surface area contributed by atoms with Crippen LogP contribution in [0.15, 0.2) is 30.9 Å². The lowest BCUT2D eigenvalue weighted by Gasteiger charge is -2.04. The van der Waals surface area contributed by atoms with Gasteiger partial charge in [0.1, 0.15) is 23.8 Å². The first kappa shape index (κ1) is 9.51. The molecule has 2 rings (SSSR count). The Labute approximate surface area is 86.2 Å². The molecule has 0 radical (unpaired) electrons.